The van der Waals surface area contributed by atoms with E-state index in [9.17, 15) is 4.79 Å². The van der Waals surface area contributed by atoms with Crippen LogP contribution in [0.4, 0.5) is 0 Å². The minimum atomic E-state index is -0.000751. The molecule has 3 aromatic heterocycles. The van der Waals surface area contributed by atoms with Crippen LogP contribution in [-0.2, 0) is 13.0 Å². The molecule has 8 heteroatoms. The standard InChI is InChI=1S/C29H36N6O2/c1-4-25-30-22(2)27-29(36)34(24-13-14-26(37-3)31-28(24)35(25)27)17-9-16-33-20-18-32(19-21-33)15-8-12-23-10-6-5-7-11-23/h5-8,10-14H,4,9,15-21H2,1-3H3/b12-8+. The number of methoxy groups -OCH3 is 1. The molecular formula is C29H36N6O2. The minimum Gasteiger partial charge on any atom is -0.481 e. The van der Waals surface area contributed by atoms with Crippen molar-refractivity contribution in [3.8, 4) is 5.88 Å². The van der Waals surface area contributed by atoms with Crippen molar-refractivity contribution in [1.82, 2.24) is 28.7 Å². The van der Waals surface area contributed by atoms with Gasteiger partial charge in [0.1, 0.15) is 11.3 Å². The molecule has 1 aliphatic heterocycles. The van der Waals surface area contributed by atoms with Gasteiger partial charge >= 0.3 is 0 Å². The number of aryl methyl sites for hydroxylation is 3. The van der Waals surface area contributed by atoms with Crippen LogP contribution in [0.2, 0.25) is 0 Å². The van der Waals surface area contributed by atoms with E-state index in [1.165, 1.54) is 5.56 Å². The average Bonchev–Trinajstić information content (AvgIpc) is 3.28. The number of aromatic nitrogens is 4. The Hall–Kier alpha value is -3.49. The van der Waals surface area contributed by atoms with Gasteiger partial charge < -0.3 is 14.2 Å². The first-order chi connectivity index (χ1) is 18.1. The van der Waals surface area contributed by atoms with Gasteiger partial charge in [0.2, 0.25) is 5.88 Å². The molecule has 0 spiro atoms. The molecule has 37 heavy (non-hydrogen) atoms. The number of ether oxygens (including phenoxy) is 1. The van der Waals surface area contributed by atoms with Crippen LogP contribution in [0.15, 0.2) is 53.3 Å². The van der Waals surface area contributed by atoms with Gasteiger partial charge in [-0.15, -0.1) is 0 Å². The third-order valence-corrected chi connectivity index (χ3v) is 7.22. The van der Waals surface area contributed by atoms with Crippen molar-refractivity contribution in [1.29, 1.82) is 0 Å². The fourth-order valence-electron chi connectivity index (χ4n) is 5.22. The minimum absolute atomic E-state index is 0.000751. The molecule has 0 aliphatic carbocycles. The molecule has 8 nitrogen and oxygen atoms in total. The summed E-state index contributed by atoms with van der Waals surface area (Å²) >= 11 is 0. The molecule has 4 aromatic rings. The van der Waals surface area contributed by atoms with E-state index in [-0.39, 0.29) is 5.56 Å². The predicted octanol–water partition coefficient (Wildman–Crippen LogP) is 3.64. The number of hydrogen-bond acceptors (Lipinski definition) is 6. The lowest BCUT2D eigenvalue weighted by atomic mass is 10.2. The Morgan fingerprint density at radius 1 is 0.973 bits per heavy atom. The zero-order valence-electron chi connectivity index (χ0n) is 22.1. The van der Waals surface area contributed by atoms with Crippen molar-refractivity contribution in [2.24, 2.45) is 0 Å². The molecule has 0 amide bonds. The molecular weight excluding hydrogens is 464 g/mol. The van der Waals surface area contributed by atoms with Crippen LogP contribution in [-0.4, -0.2) is 75.1 Å². The molecule has 0 saturated carbocycles. The molecule has 1 aromatic carbocycles. The topological polar surface area (TPSA) is 67.9 Å². The third kappa shape index (κ3) is 5.31. The zero-order chi connectivity index (χ0) is 25.8. The van der Waals surface area contributed by atoms with Gasteiger partial charge in [-0.25, -0.2) is 4.98 Å². The lowest BCUT2D eigenvalue weighted by molar-refractivity contribution is 0.140. The van der Waals surface area contributed by atoms with Gasteiger partial charge in [0.25, 0.3) is 5.56 Å². The van der Waals surface area contributed by atoms with E-state index in [1.54, 1.807) is 7.11 Å². The number of pyridine rings is 1. The Morgan fingerprint density at radius 2 is 1.73 bits per heavy atom. The van der Waals surface area contributed by atoms with Gasteiger partial charge in [-0.1, -0.05) is 49.4 Å². The molecule has 4 heterocycles. The second kappa shape index (κ2) is 11.3. The highest BCUT2D eigenvalue weighted by Gasteiger charge is 2.20. The predicted molar refractivity (Wildman–Crippen MR) is 148 cm³/mol. The average molecular weight is 501 g/mol. The van der Waals surface area contributed by atoms with Crippen molar-refractivity contribution in [3.05, 3.63) is 76.0 Å². The van der Waals surface area contributed by atoms with Crippen LogP contribution in [0.5, 0.6) is 5.88 Å². The fourth-order valence-corrected chi connectivity index (χ4v) is 5.22. The van der Waals surface area contributed by atoms with E-state index < -0.39 is 0 Å². The Labute approximate surface area is 217 Å². The first-order valence-electron chi connectivity index (χ1n) is 13.2. The van der Waals surface area contributed by atoms with E-state index in [0.29, 0.717) is 17.9 Å². The van der Waals surface area contributed by atoms with Gasteiger partial charge in [-0.2, -0.15) is 4.98 Å². The Morgan fingerprint density at radius 3 is 2.46 bits per heavy atom. The van der Waals surface area contributed by atoms with E-state index in [2.05, 4.69) is 51.2 Å². The molecule has 0 N–H and O–H groups in total. The summed E-state index contributed by atoms with van der Waals surface area (Å²) in [5.41, 5.74) is 4.15. The van der Waals surface area contributed by atoms with Crippen molar-refractivity contribution >= 4 is 22.8 Å². The molecule has 0 bridgehead atoms. The summed E-state index contributed by atoms with van der Waals surface area (Å²) in [4.78, 5) is 28.0. The van der Waals surface area contributed by atoms with Gasteiger partial charge in [-0.05, 0) is 31.5 Å². The summed E-state index contributed by atoms with van der Waals surface area (Å²) in [5, 5.41) is 0. The second-order valence-electron chi connectivity index (χ2n) is 9.61. The van der Waals surface area contributed by atoms with Crippen molar-refractivity contribution in [3.63, 3.8) is 0 Å². The Bertz CT molecular complexity index is 1450. The largest absolute Gasteiger partial charge is 0.481 e. The lowest BCUT2D eigenvalue weighted by Gasteiger charge is -2.34. The summed E-state index contributed by atoms with van der Waals surface area (Å²) in [6, 6.07) is 14.2. The first-order valence-corrected chi connectivity index (χ1v) is 13.2. The van der Waals surface area contributed by atoms with E-state index in [4.69, 9.17) is 9.72 Å². The van der Waals surface area contributed by atoms with Gasteiger partial charge in [0, 0.05) is 51.8 Å². The van der Waals surface area contributed by atoms with Crippen molar-refractivity contribution in [2.75, 3.05) is 46.4 Å². The van der Waals surface area contributed by atoms with Crippen LogP contribution in [0.3, 0.4) is 0 Å². The highest BCUT2D eigenvalue weighted by atomic mass is 16.5. The third-order valence-electron chi connectivity index (χ3n) is 7.22. The maximum absolute atomic E-state index is 13.6. The van der Waals surface area contributed by atoms with E-state index in [1.807, 2.05) is 41.0 Å². The zero-order valence-corrected chi connectivity index (χ0v) is 22.1. The molecule has 1 fully saturated rings. The SMILES string of the molecule is CCc1nc(C)c2c(=O)n(CCCN3CCN(C/C=C/c4ccccc4)CC3)c3ccc(OC)nc3n12. The summed E-state index contributed by atoms with van der Waals surface area (Å²) in [7, 11) is 1.61. The molecule has 1 saturated heterocycles. The Balaban J connectivity index is 1.25. The smallest absolute Gasteiger partial charge is 0.277 e. The molecule has 194 valence electrons. The molecule has 0 atom stereocenters. The normalized spacial score (nSPS) is 15.3. The van der Waals surface area contributed by atoms with Crippen LogP contribution in [0.25, 0.3) is 22.8 Å². The number of hydrogen-bond donors (Lipinski definition) is 0. The van der Waals surface area contributed by atoms with Gasteiger partial charge in [0.15, 0.2) is 5.65 Å². The maximum Gasteiger partial charge on any atom is 0.277 e. The number of imidazole rings is 1. The van der Waals surface area contributed by atoms with E-state index >= 15 is 0 Å². The maximum atomic E-state index is 13.6. The quantitative estimate of drug-likeness (QED) is 0.350. The summed E-state index contributed by atoms with van der Waals surface area (Å²) in [6.45, 7) is 10.8. The highest BCUT2D eigenvalue weighted by molar-refractivity contribution is 5.77. The van der Waals surface area contributed by atoms with Crippen LogP contribution in [0.1, 0.15) is 30.4 Å². The fraction of sp³-hybridized carbons (Fsp3) is 0.414. The molecule has 1 aliphatic rings. The molecule has 5 rings (SSSR count). The highest BCUT2D eigenvalue weighted by Crippen LogP contribution is 2.21. The second-order valence-corrected chi connectivity index (χ2v) is 9.61. The van der Waals surface area contributed by atoms with Crippen molar-refractivity contribution in [2.45, 2.75) is 33.2 Å². The van der Waals surface area contributed by atoms with Crippen LogP contribution in [0, 0.1) is 6.92 Å². The lowest BCUT2D eigenvalue weighted by Crippen LogP contribution is -2.46. The van der Waals surface area contributed by atoms with Crippen molar-refractivity contribution < 1.29 is 4.74 Å². The number of benzene rings is 1. The van der Waals surface area contributed by atoms with Crippen LogP contribution < -0.4 is 10.3 Å². The van der Waals surface area contributed by atoms with Gasteiger partial charge in [-0.3, -0.25) is 14.1 Å². The summed E-state index contributed by atoms with van der Waals surface area (Å²) < 4.78 is 9.18. The van der Waals surface area contributed by atoms with Crippen LogP contribution >= 0.6 is 0 Å². The first kappa shape index (κ1) is 25.2. The molecule has 0 radical (unpaired) electrons. The summed E-state index contributed by atoms with van der Waals surface area (Å²) in [6.07, 6.45) is 6.07. The van der Waals surface area contributed by atoms with Gasteiger partial charge in [0.05, 0.1) is 18.3 Å². The molecule has 0 unspecified atom stereocenters. The number of piperazine rings is 1. The number of fused-ring (bicyclic) bond motifs is 3. The summed E-state index contributed by atoms with van der Waals surface area (Å²) in [5.74, 6) is 1.38. The van der Waals surface area contributed by atoms with E-state index in [0.717, 1.165) is 74.8 Å². The Kier molecular flexibility index (Phi) is 7.67. The number of rotatable bonds is 9. The number of nitrogens with zero attached hydrogens (tertiary/aromatic N) is 6. The monoisotopic (exact) mass is 500 g/mol.